The summed E-state index contributed by atoms with van der Waals surface area (Å²) in [5, 5.41) is 0. The Balaban J connectivity index is 3.17. The lowest BCUT2D eigenvalue weighted by atomic mass is 10.1. The second kappa shape index (κ2) is 2.22. The fourth-order valence-electron chi connectivity index (χ4n) is 0.938. The zero-order chi connectivity index (χ0) is 6.85. The Labute approximate surface area is 56.5 Å². The number of rotatable bonds is 0. The van der Waals surface area contributed by atoms with E-state index in [4.69, 9.17) is 0 Å². The number of hydrogen-bond acceptors (Lipinski definition) is 0. The van der Waals surface area contributed by atoms with Crippen molar-refractivity contribution in [2.75, 3.05) is 0 Å². The van der Waals surface area contributed by atoms with Crippen LogP contribution in [0.1, 0.15) is 16.7 Å². The van der Waals surface area contributed by atoms with Crippen LogP contribution in [0, 0.1) is 39.0 Å². The zero-order valence-corrected chi connectivity index (χ0v) is 6.00. The second-order valence-electron chi connectivity index (χ2n) is 2.25. The maximum absolute atomic E-state index is 3.10. The topological polar surface area (TPSA) is 0 Å². The Morgan fingerprint density at radius 3 is 1.11 bits per heavy atom. The molecule has 1 rings (SSSR count). The van der Waals surface area contributed by atoms with E-state index in [9.17, 15) is 0 Å². The Morgan fingerprint density at radius 1 is 0.667 bits per heavy atom. The Morgan fingerprint density at radius 2 is 0.889 bits per heavy atom. The highest BCUT2D eigenvalue weighted by molar-refractivity contribution is 5.23. The van der Waals surface area contributed by atoms with Crippen LogP contribution < -0.4 is 0 Å². The molecule has 0 unspecified atom stereocenters. The molecule has 1 aromatic rings. The van der Waals surface area contributed by atoms with Crippen molar-refractivity contribution in [2.24, 2.45) is 0 Å². The molecule has 0 aliphatic carbocycles. The largest absolute Gasteiger partial charge is 0.0385 e. The van der Waals surface area contributed by atoms with Crippen molar-refractivity contribution in [1.29, 1.82) is 0 Å². The SMILES string of the molecule is Cc1[c]c(C)[c]c(C)[c]1. The molecule has 1 aromatic carbocycles. The predicted octanol–water partition coefficient (Wildman–Crippen LogP) is 2.01. The third kappa shape index (κ3) is 1.56. The lowest BCUT2D eigenvalue weighted by molar-refractivity contribution is 1.29. The Hall–Kier alpha value is -0.780. The van der Waals surface area contributed by atoms with Gasteiger partial charge in [0.2, 0.25) is 0 Å². The minimum Gasteiger partial charge on any atom is -0.0385 e. The van der Waals surface area contributed by atoms with Gasteiger partial charge in [-0.05, 0) is 55.7 Å². The van der Waals surface area contributed by atoms with Crippen LogP contribution in [0.4, 0.5) is 0 Å². The maximum Gasteiger partial charge on any atom is -0.0107 e. The summed E-state index contributed by atoms with van der Waals surface area (Å²) in [6.45, 7) is 5.98. The van der Waals surface area contributed by atoms with E-state index in [1.807, 2.05) is 20.8 Å². The first-order valence-electron chi connectivity index (χ1n) is 3.00. The molecule has 0 amide bonds. The standard InChI is InChI=1S/C9H9/c1-7-4-8(2)6-9(3)5-7/h1-3H3. The van der Waals surface area contributed by atoms with Gasteiger partial charge in [0, 0.05) is 0 Å². The predicted molar refractivity (Wildman–Crippen MR) is 37.2 cm³/mol. The van der Waals surface area contributed by atoms with Crippen molar-refractivity contribution in [3.05, 3.63) is 34.9 Å². The van der Waals surface area contributed by atoms with Crippen molar-refractivity contribution in [3.63, 3.8) is 0 Å². The van der Waals surface area contributed by atoms with Gasteiger partial charge in [0.05, 0.1) is 0 Å². The first kappa shape index (κ1) is 6.34. The Kier molecular flexibility index (Phi) is 1.56. The molecule has 0 saturated carbocycles. The summed E-state index contributed by atoms with van der Waals surface area (Å²) < 4.78 is 0. The van der Waals surface area contributed by atoms with Gasteiger partial charge in [-0.15, -0.1) is 0 Å². The molecule has 45 valence electrons. The van der Waals surface area contributed by atoms with Crippen molar-refractivity contribution in [3.8, 4) is 0 Å². The molecular weight excluding hydrogens is 108 g/mol. The highest BCUT2D eigenvalue weighted by Crippen LogP contribution is 2.03. The monoisotopic (exact) mass is 117 g/mol. The molecule has 9 heavy (non-hydrogen) atoms. The van der Waals surface area contributed by atoms with Gasteiger partial charge in [-0.25, -0.2) is 0 Å². The van der Waals surface area contributed by atoms with Crippen LogP contribution in [0.25, 0.3) is 0 Å². The van der Waals surface area contributed by atoms with Crippen LogP contribution in [0.3, 0.4) is 0 Å². The van der Waals surface area contributed by atoms with Crippen molar-refractivity contribution < 1.29 is 0 Å². The first-order chi connectivity index (χ1) is 4.18. The summed E-state index contributed by atoms with van der Waals surface area (Å²) in [5.41, 5.74) is 3.22. The lowest BCUT2D eigenvalue weighted by Crippen LogP contribution is -1.80. The van der Waals surface area contributed by atoms with Gasteiger partial charge in [0.1, 0.15) is 0 Å². The fourth-order valence-corrected chi connectivity index (χ4v) is 0.938. The summed E-state index contributed by atoms with van der Waals surface area (Å²) in [7, 11) is 0. The molecule has 3 radical (unpaired) electrons. The van der Waals surface area contributed by atoms with Gasteiger partial charge in [-0.3, -0.25) is 0 Å². The molecule has 0 bridgehead atoms. The molecule has 0 heterocycles. The highest BCUT2D eigenvalue weighted by atomic mass is 13.9. The lowest BCUT2D eigenvalue weighted by Gasteiger charge is -1.94. The van der Waals surface area contributed by atoms with Gasteiger partial charge in [-0.1, -0.05) is 0 Å². The number of benzene rings is 1. The molecule has 0 nitrogen and oxygen atoms in total. The maximum atomic E-state index is 3.10. The van der Waals surface area contributed by atoms with E-state index < -0.39 is 0 Å². The smallest absolute Gasteiger partial charge is 0.0107 e. The third-order valence-electron chi connectivity index (χ3n) is 1.12. The van der Waals surface area contributed by atoms with Crippen LogP contribution in [-0.4, -0.2) is 0 Å². The summed E-state index contributed by atoms with van der Waals surface area (Å²) >= 11 is 0. The van der Waals surface area contributed by atoms with Crippen molar-refractivity contribution in [1.82, 2.24) is 0 Å². The minimum atomic E-state index is 1.07. The summed E-state index contributed by atoms with van der Waals surface area (Å²) in [6, 6.07) is 9.30. The summed E-state index contributed by atoms with van der Waals surface area (Å²) in [5.74, 6) is 0. The minimum absolute atomic E-state index is 1.07. The molecule has 0 N–H and O–H groups in total. The van der Waals surface area contributed by atoms with E-state index in [-0.39, 0.29) is 0 Å². The molecule has 0 fully saturated rings. The Bertz CT molecular complexity index is 161. The van der Waals surface area contributed by atoms with E-state index in [2.05, 4.69) is 18.2 Å². The average molecular weight is 117 g/mol. The zero-order valence-electron chi connectivity index (χ0n) is 6.00. The van der Waals surface area contributed by atoms with E-state index >= 15 is 0 Å². The van der Waals surface area contributed by atoms with E-state index in [1.54, 1.807) is 0 Å². The molecule has 0 heteroatoms. The molecular formula is C9H9. The fraction of sp³-hybridized carbons (Fsp3) is 0.333. The van der Waals surface area contributed by atoms with Gasteiger partial charge in [-0.2, -0.15) is 0 Å². The second-order valence-corrected chi connectivity index (χ2v) is 2.25. The quantitative estimate of drug-likeness (QED) is 0.487. The first-order valence-corrected chi connectivity index (χ1v) is 3.00. The molecule has 0 aromatic heterocycles. The summed E-state index contributed by atoms with van der Waals surface area (Å²) in [4.78, 5) is 0. The third-order valence-corrected chi connectivity index (χ3v) is 1.12. The van der Waals surface area contributed by atoms with Gasteiger partial charge in [0.25, 0.3) is 0 Å². The van der Waals surface area contributed by atoms with Crippen LogP contribution >= 0.6 is 0 Å². The van der Waals surface area contributed by atoms with Crippen molar-refractivity contribution in [2.45, 2.75) is 20.8 Å². The highest BCUT2D eigenvalue weighted by Gasteiger charge is 1.89. The van der Waals surface area contributed by atoms with Crippen LogP contribution in [0.15, 0.2) is 0 Å². The molecule has 0 aliphatic rings. The average Bonchev–Trinajstić information content (AvgIpc) is 1.59. The van der Waals surface area contributed by atoms with Gasteiger partial charge < -0.3 is 0 Å². The summed E-state index contributed by atoms with van der Waals surface area (Å²) in [6.07, 6.45) is 0. The number of aryl methyl sites for hydroxylation is 3. The van der Waals surface area contributed by atoms with Gasteiger partial charge >= 0.3 is 0 Å². The van der Waals surface area contributed by atoms with E-state index in [1.165, 1.54) is 0 Å². The molecule has 0 spiro atoms. The normalized spacial score (nSPS) is 9.67. The van der Waals surface area contributed by atoms with Crippen molar-refractivity contribution >= 4 is 0 Å². The van der Waals surface area contributed by atoms with Crippen LogP contribution in [0.2, 0.25) is 0 Å². The molecule has 0 saturated heterocycles. The number of hydrogen-bond donors (Lipinski definition) is 0. The van der Waals surface area contributed by atoms with Crippen LogP contribution in [0.5, 0.6) is 0 Å². The molecule has 0 aliphatic heterocycles. The molecule has 0 atom stereocenters. The van der Waals surface area contributed by atoms with E-state index in [0.717, 1.165) is 16.7 Å². The van der Waals surface area contributed by atoms with E-state index in [0.29, 0.717) is 0 Å². The van der Waals surface area contributed by atoms with Gasteiger partial charge in [0.15, 0.2) is 0 Å². The van der Waals surface area contributed by atoms with Crippen LogP contribution in [-0.2, 0) is 0 Å².